The minimum absolute atomic E-state index is 0.0662. The topological polar surface area (TPSA) is 17.1 Å². The van der Waals surface area contributed by atoms with Crippen LogP contribution in [-0.4, -0.2) is 12.5 Å². The zero-order chi connectivity index (χ0) is 9.14. The quantitative estimate of drug-likeness (QED) is 0.544. The molecule has 0 spiro atoms. The molecular formula is C8H6ClFOS. The Labute approximate surface area is 78.9 Å². The molecule has 0 radical (unpaired) electrons. The van der Waals surface area contributed by atoms with Crippen molar-refractivity contribution >= 4 is 29.6 Å². The van der Waals surface area contributed by atoms with Crippen molar-refractivity contribution in [1.29, 1.82) is 0 Å². The fourth-order valence-electron chi connectivity index (χ4n) is 0.815. The SMILES string of the molecule is CSc1ccc(Cl)c(C=O)c1F. The molecule has 64 valence electrons. The molecule has 1 nitrogen and oxygen atoms in total. The Morgan fingerprint density at radius 1 is 1.58 bits per heavy atom. The Hall–Kier alpha value is -0.540. The Kier molecular flexibility index (Phi) is 3.12. The summed E-state index contributed by atoms with van der Waals surface area (Å²) in [5, 5.41) is 0.153. The van der Waals surface area contributed by atoms with E-state index in [0.29, 0.717) is 11.2 Å². The molecule has 0 heterocycles. The molecule has 1 rings (SSSR count). The summed E-state index contributed by atoms with van der Waals surface area (Å²) >= 11 is 6.82. The van der Waals surface area contributed by atoms with Crippen molar-refractivity contribution in [1.82, 2.24) is 0 Å². The first-order valence-electron chi connectivity index (χ1n) is 3.18. The highest BCUT2D eigenvalue weighted by molar-refractivity contribution is 7.98. The second-order valence-corrected chi connectivity index (χ2v) is 3.35. The second-order valence-electron chi connectivity index (χ2n) is 2.10. The monoisotopic (exact) mass is 204 g/mol. The summed E-state index contributed by atoms with van der Waals surface area (Å²) in [4.78, 5) is 10.8. The molecule has 0 aliphatic carbocycles. The van der Waals surface area contributed by atoms with E-state index in [4.69, 9.17) is 11.6 Å². The fourth-order valence-corrected chi connectivity index (χ4v) is 1.50. The van der Waals surface area contributed by atoms with Gasteiger partial charge in [0.05, 0.1) is 10.6 Å². The maximum absolute atomic E-state index is 13.2. The minimum atomic E-state index is -0.537. The predicted molar refractivity (Wildman–Crippen MR) is 48.6 cm³/mol. The maximum atomic E-state index is 13.2. The lowest BCUT2D eigenvalue weighted by Crippen LogP contribution is -1.91. The molecule has 0 bridgehead atoms. The average molecular weight is 205 g/mol. The van der Waals surface area contributed by atoms with E-state index in [1.807, 2.05) is 0 Å². The first-order valence-corrected chi connectivity index (χ1v) is 4.78. The number of carbonyl (C=O) groups is 1. The van der Waals surface area contributed by atoms with Gasteiger partial charge in [0, 0.05) is 4.90 Å². The number of hydrogen-bond donors (Lipinski definition) is 0. The number of thioether (sulfide) groups is 1. The van der Waals surface area contributed by atoms with Crippen LogP contribution in [0.3, 0.4) is 0 Å². The van der Waals surface area contributed by atoms with E-state index in [1.165, 1.54) is 17.8 Å². The number of hydrogen-bond acceptors (Lipinski definition) is 2. The summed E-state index contributed by atoms with van der Waals surface area (Å²) in [6.07, 6.45) is 2.16. The summed E-state index contributed by atoms with van der Waals surface area (Å²) < 4.78 is 13.2. The van der Waals surface area contributed by atoms with Crippen LogP contribution in [0.1, 0.15) is 10.4 Å². The van der Waals surface area contributed by atoms with E-state index in [2.05, 4.69) is 0 Å². The van der Waals surface area contributed by atoms with Crippen LogP contribution in [-0.2, 0) is 0 Å². The van der Waals surface area contributed by atoms with Crippen LogP contribution >= 0.6 is 23.4 Å². The third-order valence-electron chi connectivity index (χ3n) is 1.43. The van der Waals surface area contributed by atoms with Crippen LogP contribution in [0.15, 0.2) is 17.0 Å². The van der Waals surface area contributed by atoms with Crippen LogP contribution in [0.4, 0.5) is 4.39 Å². The van der Waals surface area contributed by atoms with Crippen molar-refractivity contribution < 1.29 is 9.18 Å². The predicted octanol–water partition coefficient (Wildman–Crippen LogP) is 3.01. The molecule has 1 aromatic carbocycles. The van der Waals surface area contributed by atoms with E-state index < -0.39 is 5.82 Å². The molecule has 0 saturated heterocycles. The van der Waals surface area contributed by atoms with E-state index in [1.54, 1.807) is 12.3 Å². The van der Waals surface area contributed by atoms with Gasteiger partial charge in [0.25, 0.3) is 0 Å². The molecule has 0 amide bonds. The van der Waals surface area contributed by atoms with Gasteiger partial charge in [-0.3, -0.25) is 4.79 Å². The number of halogens is 2. The number of rotatable bonds is 2. The van der Waals surface area contributed by atoms with Gasteiger partial charge >= 0.3 is 0 Å². The molecule has 1 aromatic rings. The van der Waals surface area contributed by atoms with Crippen molar-refractivity contribution in [2.75, 3.05) is 6.26 Å². The third kappa shape index (κ3) is 1.62. The Morgan fingerprint density at radius 3 is 2.75 bits per heavy atom. The van der Waals surface area contributed by atoms with Gasteiger partial charge in [-0.15, -0.1) is 11.8 Å². The maximum Gasteiger partial charge on any atom is 0.154 e. The summed E-state index contributed by atoms with van der Waals surface area (Å²) in [5.41, 5.74) is -0.0662. The molecule has 0 N–H and O–H groups in total. The van der Waals surface area contributed by atoms with Gasteiger partial charge in [-0.2, -0.15) is 0 Å². The fraction of sp³-hybridized carbons (Fsp3) is 0.125. The first kappa shape index (κ1) is 9.55. The molecule has 0 aliphatic heterocycles. The Morgan fingerprint density at radius 2 is 2.25 bits per heavy atom. The van der Waals surface area contributed by atoms with Crippen molar-refractivity contribution in [2.24, 2.45) is 0 Å². The van der Waals surface area contributed by atoms with Gasteiger partial charge in [0.1, 0.15) is 5.82 Å². The summed E-state index contributed by atoms with van der Waals surface area (Å²) in [7, 11) is 0. The number of aldehydes is 1. The summed E-state index contributed by atoms with van der Waals surface area (Å²) in [5.74, 6) is -0.537. The highest BCUT2D eigenvalue weighted by Crippen LogP contribution is 2.26. The molecule has 0 atom stereocenters. The lowest BCUT2D eigenvalue weighted by molar-refractivity contribution is 0.111. The molecule has 12 heavy (non-hydrogen) atoms. The molecule has 0 aliphatic rings. The van der Waals surface area contributed by atoms with E-state index in [-0.39, 0.29) is 10.6 Å². The van der Waals surface area contributed by atoms with Crippen LogP contribution in [0.2, 0.25) is 5.02 Å². The first-order chi connectivity index (χ1) is 5.70. The molecular weight excluding hydrogens is 199 g/mol. The standard InChI is InChI=1S/C8H6ClFOS/c1-12-7-3-2-6(9)5(4-11)8(7)10/h2-4H,1H3. The largest absolute Gasteiger partial charge is 0.298 e. The molecule has 0 fully saturated rings. The smallest absolute Gasteiger partial charge is 0.154 e. The zero-order valence-corrected chi connectivity index (χ0v) is 7.88. The third-order valence-corrected chi connectivity index (χ3v) is 2.51. The molecule has 4 heteroatoms. The van der Waals surface area contributed by atoms with E-state index in [9.17, 15) is 9.18 Å². The van der Waals surface area contributed by atoms with Crippen LogP contribution < -0.4 is 0 Å². The molecule has 0 unspecified atom stereocenters. The Bertz CT molecular complexity index is 314. The average Bonchev–Trinajstić information content (AvgIpc) is 2.06. The highest BCUT2D eigenvalue weighted by Gasteiger charge is 2.10. The van der Waals surface area contributed by atoms with Crippen molar-refractivity contribution in [3.63, 3.8) is 0 Å². The Balaban J connectivity index is 3.33. The van der Waals surface area contributed by atoms with Crippen molar-refractivity contribution in [3.05, 3.63) is 28.5 Å². The van der Waals surface area contributed by atoms with Crippen molar-refractivity contribution in [2.45, 2.75) is 4.90 Å². The lowest BCUT2D eigenvalue weighted by atomic mass is 10.2. The summed E-state index contributed by atoms with van der Waals surface area (Å²) in [6, 6.07) is 3.07. The van der Waals surface area contributed by atoms with E-state index in [0.717, 1.165) is 0 Å². The molecule has 0 aromatic heterocycles. The van der Waals surface area contributed by atoms with Gasteiger partial charge in [0.2, 0.25) is 0 Å². The normalized spacial score (nSPS) is 9.92. The van der Waals surface area contributed by atoms with Gasteiger partial charge < -0.3 is 0 Å². The van der Waals surface area contributed by atoms with Crippen LogP contribution in [0, 0.1) is 5.82 Å². The van der Waals surface area contributed by atoms with Crippen molar-refractivity contribution in [3.8, 4) is 0 Å². The van der Waals surface area contributed by atoms with E-state index >= 15 is 0 Å². The van der Waals surface area contributed by atoms with Gasteiger partial charge in [-0.25, -0.2) is 4.39 Å². The van der Waals surface area contributed by atoms with Gasteiger partial charge in [-0.05, 0) is 18.4 Å². The summed E-state index contributed by atoms with van der Waals surface area (Å²) in [6.45, 7) is 0. The number of benzene rings is 1. The van der Waals surface area contributed by atoms with Crippen LogP contribution in [0.25, 0.3) is 0 Å². The van der Waals surface area contributed by atoms with Gasteiger partial charge in [0.15, 0.2) is 6.29 Å². The second kappa shape index (κ2) is 3.92. The zero-order valence-electron chi connectivity index (χ0n) is 6.30. The highest BCUT2D eigenvalue weighted by atomic mass is 35.5. The minimum Gasteiger partial charge on any atom is -0.298 e. The van der Waals surface area contributed by atoms with Gasteiger partial charge in [-0.1, -0.05) is 11.6 Å². The number of carbonyl (C=O) groups excluding carboxylic acids is 1. The molecule has 0 saturated carbocycles. The van der Waals surface area contributed by atoms with Crippen LogP contribution in [0.5, 0.6) is 0 Å². The lowest BCUT2D eigenvalue weighted by Gasteiger charge is -2.02.